The summed E-state index contributed by atoms with van der Waals surface area (Å²) in [6.45, 7) is 3.00. The van der Waals surface area contributed by atoms with E-state index in [4.69, 9.17) is 16.3 Å². The Morgan fingerprint density at radius 3 is 2.52 bits per heavy atom. The topological polar surface area (TPSA) is 111 Å². The molecule has 1 heterocycles. The third-order valence-electron chi connectivity index (χ3n) is 4.93. The molecule has 8 nitrogen and oxygen atoms in total. The van der Waals surface area contributed by atoms with E-state index in [1.54, 1.807) is 62.4 Å². The van der Waals surface area contributed by atoms with Crippen LogP contribution in [0.4, 0.5) is 5.69 Å². The van der Waals surface area contributed by atoms with E-state index >= 15 is 0 Å². The molecule has 0 spiro atoms. The molecule has 2 N–H and O–H groups in total. The van der Waals surface area contributed by atoms with Crippen molar-refractivity contribution in [3.05, 3.63) is 80.7 Å². The quantitative estimate of drug-likeness (QED) is 0.490. The highest BCUT2D eigenvalue weighted by Crippen LogP contribution is 2.21. The second-order valence-electron chi connectivity index (χ2n) is 7.19. The Morgan fingerprint density at radius 1 is 1.15 bits per heavy atom. The van der Waals surface area contributed by atoms with Crippen LogP contribution >= 0.6 is 11.6 Å². The van der Waals surface area contributed by atoms with Crippen molar-refractivity contribution in [2.45, 2.75) is 26.8 Å². The van der Waals surface area contributed by atoms with Gasteiger partial charge in [-0.15, -0.1) is 0 Å². The molecule has 0 aliphatic carbocycles. The number of carbonyl (C=O) groups excluding carboxylic acids is 2. The fourth-order valence-electron chi connectivity index (χ4n) is 3.38. The minimum Gasteiger partial charge on any atom is -0.462 e. The lowest BCUT2D eigenvalue weighted by atomic mass is 10.1. The van der Waals surface area contributed by atoms with Gasteiger partial charge >= 0.3 is 5.97 Å². The first-order valence-electron chi connectivity index (χ1n) is 10.4. The highest BCUT2D eigenvalue weighted by Gasteiger charge is 2.19. The second-order valence-corrected chi connectivity index (χ2v) is 7.62. The average molecular weight is 470 g/mol. The van der Waals surface area contributed by atoms with E-state index in [-0.39, 0.29) is 37.4 Å². The number of hydrogen-bond acceptors (Lipinski definition) is 6. The standard InChI is InChI=1S/C24H24ClN3O5/c1-3-33-24(32)19-6-4-5-7-20(19)27-21(30)14-28-22(16-8-10-17(25)11-9-16)26-15(2)18(12-13-29)23(28)31/h4-11,29H,3,12-14H2,1-2H3,(H,27,30). The van der Waals surface area contributed by atoms with Crippen molar-refractivity contribution in [2.75, 3.05) is 18.5 Å². The Kier molecular flexibility index (Phi) is 7.97. The van der Waals surface area contributed by atoms with Crippen molar-refractivity contribution in [3.63, 3.8) is 0 Å². The number of amides is 1. The van der Waals surface area contributed by atoms with Crippen molar-refractivity contribution in [2.24, 2.45) is 0 Å². The number of rotatable bonds is 8. The number of halogens is 1. The van der Waals surface area contributed by atoms with Crippen LogP contribution in [0.25, 0.3) is 11.4 Å². The predicted octanol–water partition coefficient (Wildman–Crippen LogP) is 3.22. The van der Waals surface area contributed by atoms with Crippen LogP contribution in [0.15, 0.2) is 53.3 Å². The molecule has 0 radical (unpaired) electrons. The average Bonchev–Trinajstić information content (AvgIpc) is 2.79. The van der Waals surface area contributed by atoms with Crippen LogP contribution in [0, 0.1) is 6.92 Å². The number of carbonyl (C=O) groups is 2. The molecular weight excluding hydrogens is 446 g/mol. The summed E-state index contributed by atoms with van der Waals surface area (Å²) < 4.78 is 6.29. The van der Waals surface area contributed by atoms with E-state index in [2.05, 4.69) is 10.3 Å². The molecule has 0 aliphatic heterocycles. The maximum Gasteiger partial charge on any atom is 0.340 e. The number of benzene rings is 2. The van der Waals surface area contributed by atoms with Crippen molar-refractivity contribution in [1.29, 1.82) is 0 Å². The minimum atomic E-state index is -0.561. The summed E-state index contributed by atoms with van der Waals surface area (Å²) in [6.07, 6.45) is 0.117. The Morgan fingerprint density at radius 2 is 1.85 bits per heavy atom. The summed E-state index contributed by atoms with van der Waals surface area (Å²) in [6, 6.07) is 13.2. The van der Waals surface area contributed by atoms with E-state index in [9.17, 15) is 19.5 Å². The maximum absolute atomic E-state index is 13.2. The van der Waals surface area contributed by atoms with Gasteiger partial charge < -0.3 is 15.2 Å². The van der Waals surface area contributed by atoms with E-state index in [1.165, 1.54) is 4.57 Å². The lowest BCUT2D eigenvalue weighted by molar-refractivity contribution is -0.116. The van der Waals surface area contributed by atoms with Crippen molar-refractivity contribution in [3.8, 4) is 11.4 Å². The molecule has 0 saturated carbocycles. The Hall–Kier alpha value is -3.49. The molecule has 172 valence electrons. The van der Waals surface area contributed by atoms with Crippen LogP contribution in [-0.4, -0.2) is 39.7 Å². The molecule has 1 amide bonds. The van der Waals surface area contributed by atoms with Crippen LogP contribution in [0.5, 0.6) is 0 Å². The van der Waals surface area contributed by atoms with Crippen LogP contribution in [0.2, 0.25) is 5.02 Å². The fraction of sp³-hybridized carbons (Fsp3) is 0.250. The van der Waals surface area contributed by atoms with Gasteiger partial charge in [0.1, 0.15) is 12.4 Å². The largest absolute Gasteiger partial charge is 0.462 e. The maximum atomic E-state index is 13.2. The molecular formula is C24H24ClN3O5. The molecule has 0 saturated heterocycles. The third-order valence-corrected chi connectivity index (χ3v) is 5.18. The number of aliphatic hydroxyl groups is 1. The molecule has 0 unspecified atom stereocenters. The lowest BCUT2D eigenvalue weighted by Gasteiger charge is -2.16. The van der Waals surface area contributed by atoms with Gasteiger partial charge in [0.15, 0.2) is 0 Å². The van der Waals surface area contributed by atoms with Gasteiger partial charge in [-0.3, -0.25) is 14.2 Å². The first-order chi connectivity index (χ1) is 15.8. The van der Waals surface area contributed by atoms with Crippen molar-refractivity contribution >= 4 is 29.2 Å². The number of aliphatic hydroxyl groups excluding tert-OH is 1. The number of hydrogen-bond donors (Lipinski definition) is 2. The fourth-order valence-corrected chi connectivity index (χ4v) is 3.50. The zero-order chi connectivity index (χ0) is 24.0. The molecule has 0 bridgehead atoms. The van der Waals surface area contributed by atoms with Gasteiger partial charge in [0.25, 0.3) is 5.56 Å². The molecule has 0 aliphatic rings. The number of para-hydroxylation sites is 1. The number of esters is 1. The van der Waals surface area contributed by atoms with E-state index in [0.717, 1.165) is 0 Å². The van der Waals surface area contributed by atoms with Gasteiger partial charge in [-0.1, -0.05) is 23.7 Å². The third kappa shape index (κ3) is 5.66. The number of anilines is 1. The van der Waals surface area contributed by atoms with E-state index in [0.29, 0.717) is 27.7 Å². The summed E-state index contributed by atoms with van der Waals surface area (Å²) in [5, 5.41) is 12.6. The van der Waals surface area contributed by atoms with Crippen LogP contribution < -0.4 is 10.9 Å². The van der Waals surface area contributed by atoms with Gasteiger partial charge in [-0.25, -0.2) is 9.78 Å². The molecule has 9 heteroatoms. The summed E-state index contributed by atoms with van der Waals surface area (Å²) in [5.74, 6) is -0.788. The Bertz CT molecular complexity index is 1220. The Balaban J connectivity index is 2.00. The summed E-state index contributed by atoms with van der Waals surface area (Å²) in [4.78, 5) is 42.9. The molecule has 3 rings (SSSR count). The second kappa shape index (κ2) is 10.9. The first-order valence-corrected chi connectivity index (χ1v) is 10.8. The van der Waals surface area contributed by atoms with Gasteiger partial charge in [-0.2, -0.15) is 0 Å². The normalized spacial score (nSPS) is 10.7. The van der Waals surface area contributed by atoms with Crippen LogP contribution in [0.3, 0.4) is 0 Å². The monoisotopic (exact) mass is 469 g/mol. The summed E-state index contributed by atoms with van der Waals surface area (Å²) in [7, 11) is 0. The summed E-state index contributed by atoms with van der Waals surface area (Å²) >= 11 is 5.99. The van der Waals surface area contributed by atoms with Gasteiger partial charge in [-0.05, 0) is 50.2 Å². The van der Waals surface area contributed by atoms with Crippen molar-refractivity contribution < 1.29 is 19.4 Å². The van der Waals surface area contributed by atoms with Crippen LogP contribution in [-0.2, 0) is 22.5 Å². The molecule has 0 fully saturated rings. The number of aromatic nitrogens is 2. The van der Waals surface area contributed by atoms with Crippen molar-refractivity contribution in [1.82, 2.24) is 9.55 Å². The molecule has 1 aromatic heterocycles. The number of ether oxygens (including phenoxy) is 1. The van der Waals surface area contributed by atoms with E-state index in [1.807, 2.05) is 0 Å². The highest BCUT2D eigenvalue weighted by atomic mass is 35.5. The zero-order valence-electron chi connectivity index (χ0n) is 18.3. The molecule has 2 aromatic carbocycles. The summed E-state index contributed by atoms with van der Waals surface area (Å²) in [5.41, 5.74) is 1.47. The number of aryl methyl sites for hydroxylation is 1. The first kappa shape index (κ1) is 24.2. The molecule has 3 aromatic rings. The van der Waals surface area contributed by atoms with Gasteiger partial charge in [0, 0.05) is 34.9 Å². The number of nitrogens with one attached hydrogen (secondary N) is 1. The van der Waals surface area contributed by atoms with Gasteiger partial charge in [0.05, 0.1) is 17.9 Å². The smallest absolute Gasteiger partial charge is 0.340 e. The lowest BCUT2D eigenvalue weighted by Crippen LogP contribution is -2.33. The predicted molar refractivity (Wildman–Crippen MR) is 125 cm³/mol. The van der Waals surface area contributed by atoms with E-state index < -0.39 is 17.4 Å². The number of nitrogens with zero attached hydrogens (tertiary/aromatic N) is 2. The zero-order valence-corrected chi connectivity index (χ0v) is 19.1. The Labute approximate surface area is 195 Å². The SMILES string of the molecule is CCOC(=O)c1ccccc1NC(=O)Cn1c(-c2ccc(Cl)cc2)nc(C)c(CCO)c1=O. The minimum absolute atomic E-state index is 0.117. The van der Waals surface area contributed by atoms with Gasteiger partial charge in [0.2, 0.25) is 5.91 Å². The highest BCUT2D eigenvalue weighted by molar-refractivity contribution is 6.30. The molecule has 0 atom stereocenters. The van der Waals surface area contributed by atoms with Crippen LogP contribution in [0.1, 0.15) is 28.5 Å². The molecule has 33 heavy (non-hydrogen) atoms.